The van der Waals surface area contributed by atoms with Crippen LogP contribution in [0.2, 0.25) is 0 Å². The minimum atomic E-state index is 0. The van der Waals surface area contributed by atoms with Crippen LogP contribution < -0.4 is 10.5 Å². The summed E-state index contributed by atoms with van der Waals surface area (Å²) in [6.07, 6.45) is 8.86. The summed E-state index contributed by atoms with van der Waals surface area (Å²) in [6.45, 7) is 2.20. The Balaban J connectivity index is 0.000000169. The van der Waals surface area contributed by atoms with E-state index < -0.39 is 0 Å². The van der Waals surface area contributed by atoms with Gasteiger partial charge in [0.25, 0.3) is 0 Å². The third kappa shape index (κ3) is 10.1. The van der Waals surface area contributed by atoms with Crippen molar-refractivity contribution < 1.29 is 24.5 Å². The molecule has 6 aromatic rings. The van der Waals surface area contributed by atoms with Crippen molar-refractivity contribution in [1.29, 1.82) is 0 Å². The van der Waals surface area contributed by atoms with Crippen molar-refractivity contribution >= 4 is 0 Å². The molecule has 0 aliphatic heterocycles. The third-order valence-electron chi connectivity index (χ3n) is 5.40. The predicted octanol–water partition coefficient (Wildman–Crippen LogP) is 6.44. The molecule has 0 saturated heterocycles. The Hall–Kier alpha value is -4.63. The van der Waals surface area contributed by atoms with Crippen LogP contribution in [0.25, 0.3) is 34.0 Å². The summed E-state index contributed by atoms with van der Waals surface area (Å²) in [5.41, 5.74) is 12.0. The van der Waals surface area contributed by atoms with Gasteiger partial charge in [-0.15, -0.1) is 29.8 Å². The van der Waals surface area contributed by atoms with Gasteiger partial charge >= 0.3 is 19.8 Å². The first kappa shape index (κ1) is 30.9. The second-order valence-electron chi connectivity index (χ2n) is 8.33. The molecule has 205 valence electrons. The molecule has 0 aliphatic rings. The maximum absolute atomic E-state index is 5.33. The molecule has 0 spiro atoms. The number of aromatic nitrogens is 5. The normalized spacial score (nSPS) is 9.61. The maximum atomic E-state index is 5.33. The van der Waals surface area contributed by atoms with Gasteiger partial charge in [0, 0.05) is 36.7 Å². The summed E-state index contributed by atoms with van der Waals surface area (Å²) < 4.78 is 5.23. The van der Waals surface area contributed by atoms with E-state index >= 15 is 0 Å². The first-order valence-corrected chi connectivity index (χ1v) is 12.7. The van der Waals surface area contributed by atoms with E-state index in [1.165, 1.54) is 5.56 Å². The van der Waals surface area contributed by atoms with E-state index in [0.717, 1.165) is 39.8 Å². The SMILES string of the molecule is Cc1ccnc(-c2[c-]ccc(OCN)c2)c1.[Os+].c1ccc(-c2ccccn2)nc1.c1ccc(-c2ccccn2)nc1. The number of rotatable bonds is 5. The van der Waals surface area contributed by atoms with Gasteiger partial charge in [0.1, 0.15) is 6.73 Å². The second-order valence-corrected chi connectivity index (χ2v) is 8.33. The van der Waals surface area contributed by atoms with Gasteiger partial charge in [-0.05, 0) is 67.2 Å². The first-order valence-electron chi connectivity index (χ1n) is 12.7. The van der Waals surface area contributed by atoms with Crippen LogP contribution in [0.15, 0.2) is 134 Å². The van der Waals surface area contributed by atoms with Crippen molar-refractivity contribution in [2.45, 2.75) is 6.92 Å². The van der Waals surface area contributed by atoms with Gasteiger partial charge in [-0.1, -0.05) is 35.9 Å². The van der Waals surface area contributed by atoms with Crippen LogP contribution in [-0.2, 0) is 19.8 Å². The molecular weight excluding hydrogens is 687 g/mol. The quantitative estimate of drug-likeness (QED) is 0.162. The van der Waals surface area contributed by atoms with Crippen LogP contribution in [0, 0.1) is 13.0 Å². The van der Waals surface area contributed by atoms with E-state index in [1.807, 2.05) is 110 Å². The second kappa shape index (κ2) is 17.1. The first-order chi connectivity index (χ1) is 19.7. The molecule has 1 aromatic carbocycles. The van der Waals surface area contributed by atoms with Crippen molar-refractivity contribution in [3.05, 3.63) is 146 Å². The fraction of sp³-hybridized carbons (Fsp3) is 0.0606. The summed E-state index contributed by atoms with van der Waals surface area (Å²) >= 11 is 0. The number of pyridine rings is 5. The van der Waals surface area contributed by atoms with Gasteiger partial charge in [-0.25, -0.2) is 0 Å². The van der Waals surface area contributed by atoms with Gasteiger partial charge in [-0.3, -0.25) is 25.7 Å². The van der Waals surface area contributed by atoms with Crippen molar-refractivity contribution in [3.8, 4) is 39.8 Å². The molecule has 6 rings (SSSR count). The van der Waals surface area contributed by atoms with Crippen molar-refractivity contribution in [1.82, 2.24) is 24.9 Å². The minimum Gasteiger partial charge on any atom is -0.498 e. The molecule has 0 amide bonds. The molecule has 0 saturated carbocycles. The zero-order valence-electron chi connectivity index (χ0n) is 22.5. The van der Waals surface area contributed by atoms with Crippen molar-refractivity contribution in [2.75, 3.05) is 6.73 Å². The number of nitrogens with zero attached hydrogens (tertiary/aromatic N) is 5. The van der Waals surface area contributed by atoms with Gasteiger partial charge in [0.05, 0.1) is 22.8 Å². The Bertz CT molecular complexity index is 1410. The molecule has 0 atom stereocenters. The average molecular weight is 716 g/mol. The topological polar surface area (TPSA) is 99.7 Å². The third-order valence-corrected chi connectivity index (χ3v) is 5.40. The molecule has 5 heterocycles. The Morgan fingerprint density at radius 1 is 0.585 bits per heavy atom. The van der Waals surface area contributed by atoms with Gasteiger partial charge in [0.15, 0.2) is 0 Å². The van der Waals surface area contributed by atoms with E-state index in [2.05, 4.69) is 31.0 Å². The molecule has 0 bridgehead atoms. The van der Waals surface area contributed by atoms with Crippen LogP contribution in [-0.4, -0.2) is 31.7 Å². The molecule has 41 heavy (non-hydrogen) atoms. The number of ether oxygens (including phenoxy) is 1. The number of hydrogen-bond acceptors (Lipinski definition) is 7. The zero-order chi connectivity index (χ0) is 27.8. The van der Waals surface area contributed by atoms with Crippen LogP contribution in [0.4, 0.5) is 0 Å². The minimum absolute atomic E-state index is 0. The van der Waals surface area contributed by atoms with E-state index in [9.17, 15) is 0 Å². The summed E-state index contributed by atoms with van der Waals surface area (Å²) in [6, 6.07) is 35.8. The van der Waals surface area contributed by atoms with Crippen LogP contribution in [0.3, 0.4) is 0 Å². The Morgan fingerprint density at radius 2 is 1.05 bits per heavy atom. The largest absolute Gasteiger partial charge is 1.00 e. The van der Waals surface area contributed by atoms with Gasteiger partial charge < -0.3 is 9.72 Å². The number of benzene rings is 1. The zero-order valence-corrected chi connectivity index (χ0v) is 25.0. The molecule has 2 N–H and O–H groups in total. The van der Waals surface area contributed by atoms with Crippen LogP contribution in [0.5, 0.6) is 5.75 Å². The Kier molecular flexibility index (Phi) is 12.9. The molecule has 5 aromatic heterocycles. The van der Waals surface area contributed by atoms with Crippen molar-refractivity contribution in [2.24, 2.45) is 5.73 Å². The van der Waals surface area contributed by atoms with E-state index in [4.69, 9.17) is 10.5 Å². The predicted molar refractivity (Wildman–Crippen MR) is 158 cm³/mol. The molecule has 1 radical (unpaired) electrons. The molecule has 0 unspecified atom stereocenters. The van der Waals surface area contributed by atoms with Crippen LogP contribution >= 0.6 is 0 Å². The molecular formula is C33H29N6OOs. The molecule has 7 nitrogen and oxygen atoms in total. The van der Waals surface area contributed by atoms with E-state index in [1.54, 1.807) is 31.0 Å². The maximum Gasteiger partial charge on any atom is 1.00 e. The smallest absolute Gasteiger partial charge is 0.498 e. The summed E-state index contributed by atoms with van der Waals surface area (Å²) in [5.74, 6) is 0.736. The summed E-state index contributed by atoms with van der Waals surface area (Å²) in [7, 11) is 0. The summed E-state index contributed by atoms with van der Waals surface area (Å²) in [4.78, 5) is 21.0. The average Bonchev–Trinajstić information content (AvgIpc) is 3.04. The fourth-order valence-electron chi connectivity index (χ4n) is 3.52. The standard InChI is InChI=1S/C13H13N2O.2C10H8N2.Os/c1-10-5-6-15-13(7-10)11-3-2-4-12(8-11)16-9-14;2*1-3-7-11-9(5-1)10-6-2-4-8-12-10;/h2,4-8H,9,14H2,1H3;2*1-8H;/q-1;;;+1. The monoisotopic (exact) mass is 717 g/mol. The van der Waals surface area contributed by atoms with Gasteiger partial charge in [0.2, 0.25) is 0 Å². The number of nitrogens with two attached hydrogens (primary N) is 1. The molecule has 8 heteroatoms. The Morgan fingerprint density at radius 3 is 1.44 bits per heavy atom. The summed E-state index contributed by atoms with van der Waals surface area (Å²) in [5, 5.41) is 0. The van der Waals surface area contributed by atoms with Crippen LogP contribution in [0.1, 0.15) is 5.56 Å². The molecule has 0 aliphatic carbocycles. The van der Waals surface area contributed by atoms with Gasteiger partial charge in [-0.2, -0.15) is 0 Å². The number of hydrogen-bond donors (Lipinski definition) is 1. The van der Waals surface area contributed by atoms with E-state index in [0.29, 0.717) is 0 Å². The number of aryl methyl sites for hydroxylation is 1. The fourth-order valence-corrected chi connectivity index (χ4v) is 3.52. The van der Waals surface area contributed by atoms with E-state index in [-0.39, 0.29) is 26.5 Å². The molecule has 0 fully saturated rings. The van der Waals surface area contributed by atoms with Crippen molar-refractivity contribution in [3.63, 3.8) is 0 Å². The Labute approximate surface area is 253 Å².